The number of carbonyl (C=O) groups excluding carboxylic acids is 1. The Morgan fingerprint density at radius 1 is 1.05 bits per heavy atom. The van der Waals surface area contributed by atoms with E-state index in [0.717, 1.165) is 46.0 Å². The van der Waals surface area contributed by atoms with Crippen LogP contribution in [0.5, 0.6) is 5.75 Å². The lowest BCUT2D eigenvalue weighted by atomic mass is 10.0. The van der Waals surface area contributed by atoms with Crippen molar-refractivity contribution in [3.63, 3.8) is 0 Å². The fraction of sp³-hybridized carbons (Fsp3) is 0.320. The summed E-state index contributed by atoms with van der Waals surface area (Å²) in [5, 5.41) is 2.40. The molecule has 0 saturated carbocycles. The van der Waals surface area contributed by atoms with Crippen molar-refractivity contribution in [1.29, 1.82) is 0 Å². The topological polar surface area (TPSA) is 75.7 Å². The highest BCUT2D eigenvalue weighted by Gasteiger charge is 2.40. The lowest BCUT2D eigenvalue weighted by Gasteiger charge is -2.23. The summed E-state index contributed by atoms with van der Waals surface area (Å²) in [5.41, 5.74) is -2.26. The number of thiophene rings is 1. The predicted molar refractivity (Wildman–Crippen MR) is 135 cm³/mol. The first-order chi connectivity index (χ1) is 18.7. The number of carbonyl (C=O) groups is 1. The Balaban J connectivity index is 1.46. The third kappa shape index (κ3) is 6.90. The summed E-state index contributed by atoms with van der Waals surface area (Å²) in [7, 11) is -4.02. The van der Waals surface area contributed by atoms with Crippen LogP contribution in [0, 0.1) is 0 Å². The van der Waals surface area contributed by atoms with E-state index in [1.165, 1.54) is 24.3 Å². The van der Waals surface area contributed by atoms with Gasteiger partial charge in [-0.25, -0.2) is 8.42 Å². The molecule has 0 radical (unpaired) electrons. The Morgan fingerprint density at radius 2 is 1.80 bits per heavy atom. The van der Waals surface area contributed by atoms with Gasteiger partial charge < -0.3 is 10.1 Å². The highest BCUT2D eigenvalue weighted by Crippen LogP contribution is 2.35. The molecule has 1 aliphatic heterocycles. The maximum Gasteiger partial charge on any atom is 0.416 e. The summed E-state index contributed by atoms with van der Waals surface area (Å²) in [6, 6.07) is 8.83. The molecule has 0 spiro atoms. The molecule has 6 nitrogen and oxygen atoms in total. The second-order valence-corrected chi connectivity index (χ2v) is 12.7. The van der Waals surface area contributed by atoms with Crippen molar-refractivity contribution in [2.45, 2.75) is 48.6 Å². The van der Waals surface area contributed by atoms with E-state index < -0.39 is 58.6 Å². The van der Waals surface area contributed by atoms with Crippen LogP contribution in [0.25, 0.3) is 0 Å². The second-order valence-electron chi connectivity index (χ2n) is 8.85. The number of hydrogen-bond acceptors (Lipinski definition) is 5. The molecule has 0 bridgehead atoms. The van der Waals surface area contributed by atoms with E-state index in [1.807, 2.05) is 0 Å². The molecule has 3 aromatic rings. The lowest BCUT2D eigenvalue weighted by molar-refractivity contribution is -0.139. The zero-order valence-corrected chi connectivity index (χ0v) is 22.7. The summed E-state index contributed by atoms with van der Waals surface area (Å²) in [6.45, 7) is -0.888. The maximum absolute atomic E-state index is 13.8. The zero-order valence-electron chi connectivity index (χ0n) is 20.4. The first-order valence-corrected chi connectivity index (χ1v) is 14.3. The number of hydrogen-bond donors (Lipinski definition) is 1. The molecule has 1 atom stereocenters. The number of sulfonamides is 1. The number of nitrogens with one attached hydrogen (secondary N) is 1. The third-order valence-electron chi connectivity index (χ3n) is 6.12. The normalized spacial score (nSPS) is 16.7. The Hall–Kier alpha value is -2.81. The Kier molecular flexibility index (Phi) is 8.74. The SMILES string of the molecule is O=C(NCc1ccc(COc2cccc(C(F)(F)F)c2)cc1C(F)(F)F)[C@@H]1CCCN1S(=O)(=O)c1ccc(Cl)s1. The van der Waals surface area contributed by atoms with E-state index in [9.17, 15) is 39.6 Å². The van der Waals surface area contributed by atoms with Gasteiger partial charge in [-0.3, -0.25) is 4.79 Å². The highest BCUT2D eigenvalue weighted by atomic mass is 35.5. The van der Waals surface area contributed by atoms with Crippen molar-refractivity contribution in [3.8, 4) is 5.75 Å². The van der Waals surface area contributed by atoms with Crippen molar-refractivity contribution in [2.75, 3.05) is 6.54 Å². The van der Waals surface area contributed by atoms with Crippen LogP contribution in [0.3, 0.4) is 0 Å². The van der Waals surface area contributed by atoms with Crippen LogP contribution in [-0.2, 0) is 40.3 Å². The van der Waals surface area contributed by atoms with E-state index in [4.69, 9.17) is 16.3 Å². The quantitative estimate of drug-likeness (QED) is 0.290. The molecule has 40 heavy (non-hydrogen) atoms. The molecular formula is C25H21ClF6N2O4S2. The Bertz CT molecular complexity index is 1490. The molecule has 1 N–H and O–H groups in total. The van der Waals surface area contributed by atoms with Gasteiger partial charge in [-0.2, -0.15) is 30.6 Å². The largest absolute Gasteiger partial charge is 0.489 e. The molecule has 2 aromatic carbocycles. The van der Waals surface area contributed by atoms with Gasteiger partial charge in [0.25, 0.3) is 10.0 Å². The highest BCUT2D eigenvalue weighted by molar-refractivity contribution is 7.91. The van der Waals surface area contributed by atoms with Gasteiger partial charge in [0.15, 0.2) is 0 Å². The molecule has 1 fully saturated rings. The number of nitrogens with zero attached hydrogens (tertiary/aromatic N) is 1. The van der Waals surface area contributed by atoms with E-state index in [1.54, 1.807) is 0 Å². The molecule has 2 heterocycles. The number of benzene rings is 2. The van der Waals surface area contributed by atoms with Crippen LogP contribution in [0.1, 0.15) is 35.1 Å². The van der Waals surface area contributed by atoms with Gasteiger partial charge in [0.1, 0.15) is 22.6 Å². The van der Waals surface area contributed by atoms with Crippen molar-refractivity contribution in [3.05, 3.63) is 81.2 Å². The molecule has 0 unspecified atom stereocenters. The molecular weight excluding hydrogens is 606 g/mol. The lowest BCUT2D eigenvalue weighted by Crippen LogP contribution is -2.45. The zero-order chi connectivity index (χ0) is 29.3. The number of halogens is 7. The van der Waals surface area contributed by atoms with Crippen molar-refractivity contribution >= 4 is 38.9 Å². The first-order valence-electron chi connectivity index (χ1n) is 11.7. The fourth-order valence-corrected chi connectivity index (χ4v) is 7.47. The number of alkyl halides is 6. The molecule has 0 aliphatic carbocycles. The summed E-state index contributed by atoms with van der Waals surface area (Å²) in [4.78, 5) is 12.9. The van der Waals surface area contributed by atoms with Gasteiger partial charge in [-0.15, -0.1) is 11.3 Å². The molecule has 15 heteroatoms. The first kappa shape index (κ1) is 30.2. The standard InChI is InChI=1S/C25H21ClF6N2O4S2/c26-21-8-9-22(39-21)40(36,37)34-10-2-5-20(34)23(35)33-13-16-7-6-15(11-19(16)25(30,31)32)14-38-18-4-1-3-17(12-18)24(27,28)29/h1,3-4,6-9,11-12,20H,2,5,10,13-14H2,(H,33,35)/t20-/m0/s1. The van der Waals surface area contributed by atoms with Crippen molar-refractivity contribution < 1.29 is 44.3 Å². The van der Waals surface area contributed by atoms with E-state index in [2.05, 4.69) is 5.32 Å². The number of amides is 1. The predicted octanol–water partition coefficient (Wildman–Crippen LogP) is 6.49. The van der Waals surface area contributed by atoms with Crippen molar-refractivity contribution in [2.24, 2.45) is 0 Å². The van der Waals surface area contributed by atoms with Gasteiger partial charge >= 0.3 is 12.4 Å². The molecule has 216 valence electrons. The van der Waals surface area contributed by atoms with Gasteiger partial charge in [-0.1, -0.05) is 29.8 Å². The Labute approximate surface area is 234 Å². The van der Waals surface area contributed by atoms with E-state index >= 15 is 0 Å². The number of ether oxygens (including phenoxy) is 1. The van der Waals surface area contributed by atoms with Crippen LogP contribution in [0.4, 0.5) is 26.3 Å². The smallest absolute Gasteiger partial charge is 0.416 e. The van der Waals surface area contributed by atoms with Crippen LogP contribution >= 0.6 is 22.9 Å². The molecule has 1 amide bonds. The minimum atomic E-state index is -4.81. The number of rotatable bonds is 8. The summed E-state index contributed by atoms with van der Waals surface area (Å²) >= 11 is 6.68. The van der Waals surface area contributed by atoms with Gasteiger partial charge in [0, 0.05) is 13.1 Å². The van der Waals surface area contributed by atoms with E-state index in [-0.39, 0.29) is 38.4 Å². The van der Waals surface area contributed by atoms with E-state index in [0.29, 0.717) is 6.42 Å². The molecule has 1 saturated heterocycles. The van der Waals surface area contributed by atoms with Gasteiger partial charge in [-0.05, 0) is 60.4 Å². The van der Waals surface area contributed by atoms with Crippen LogP contribution < -0.4 is 10.1 Å². The second kappa shape index (κ2) is 11.6. The van der Waals surface area contributed by atoms with Gasteiger partial charge in [0.2, 0.25) is 5.91 Å². The average Bonchev–Trinajstić information content (AvgIpc) is 3.56. The summed E-state index contributed by atoms with van der Waals surface area (Å²) in [5.74, 6) is -0.908. The summed E-state index contributed by atoms with van der Waals surface area (Å²) in [6.07, 6.45) is -8.83. The summed E-state index contributed by atoms with van der Waals surface area (Å²) < 4.78 is 113. The Morgan fingerprint density at radius 3 is 2.45 bits per heavy atom. The maximum atomic E-state index is 13.8. The minimum absolute atomic E-state index is 0.0421. The fourth-order valence-electron chi connectivity index (χ4n) is 4.20. The van der Waals surface area contributed by atoms with Crippen LogP contribution in [0.15, 0.2) is 58.8 Å². The molecule has 4 rings (SSSR count). The van der Waals surface area contributed by atoms with Crippen molar-refractivity contribution in [1.82, 2.24) is 9.62 Å². The monoisotopic (exact) mass is 626 g/mol. The van der Waals surface area contributed by atoms with Crippen LogP contribution in [0.2, 0.25) is 4.34 Å². The molecule has 1 aromatic heterocycles. The van der Waals surface area contributed by atoms with Gasteiger partial charge in [0.05, 0.1) is 15.5 Å². The molecule has 1 aliphatic rings. The minimum Gasteiger partial charge on any atom is -0.489 e. The third-order valence-corrected chi connectivity index (χ3v) is 9.72. The van der Waals surface area contributed by atoms with Crippen LogP contribution in [-0.4, -0.2) is 31.2 Å². The average molecular weight is 627 g/mol.